The quantitative estimate of drug-likeness (QED) is 0.649. The summed E-state index contributed by atoms with van der Waals surface area (Å²) in [5.74, 6) is -4.93. The second-order valence-electron chi connectivity index (χ2n) is 7.47. The number of rotatable bonds is 6. The lowest BCUT2D eigenvalue weighted by molar-refractivity contribution is -0.118. The molecule has 0 aliphatic carbocycles. The minimum absolute atomic E-state index is 0.0321. The number of nitrogens with zero attached hydrogens (tertiary/aromatic N) is 3. The molecule has 0 saturated carbocycles. The van der Waals surface area contributed by atoms with E-state index in [1.807, 2.05) is 0 Å². The van der Waals surface area contributed by atoms with Crippen molar-refractivity contribution >= 4 is 17.7 Å². The third kappa shape index (κ3) is 4.55. The van der Waals surface area contributed by atoms with Crippen LogP contribution in [0.1, 0.15) is 40.3 Å². The normalized spacial score (nSPS) is 14.2. The van der Waals surface area contributed by atoms with E-state index in [1.54, 1.807) is 6.92 Å². The van der Waals surface area contributed by atoms with Gasteiger partial charge in [0.05, 0.1) is 12.6 Å². The van der Waals surface area contributed by atoms with Gasteiger partial charge in [0.1, 0.15) is 23.9 Å². The predicted molar refractivity (Wildman–Crippen MR) is 111 cm³/mol. The van der Waals surface area contributed by atoms with Crippen LogP contribution < -0.4 is 15.8 Å². The number of hydrogen-bond acceptors (Lipinski definition) is 6. The van der Waals surface area contributed by atoms with Crippen LogP contribution >= 0.6 is 0 Å². The van der Waals surface area contributed by atoms with Crippen LogP contribution in [0.3, 0.4) is 0 Å². The van der Waals surface area contributed by atoms with Gasteiger partial charge < -0.3 is 20.1 Å². The molecule has 0 saturated heterocycles. The SMILES string of the molecule is COC[C@H](C)N1CN(C(C)=O)n2cc(C(=O)NCc3ccc(F)cc3F)c(=O)c(O)c2C1=O. The Bertz CT molecular complexity index is 1180. The molecule has 1 aromatic heterocycles. The second-order valence-corrected chi connectivity index (χ2v) is 7.47. The molecule has 0 radical (unpaired) electrons. The lowest BCUT2D eigenvalue weighted by atomic mass is 10.1. The molecule has 10 nitrogen and oxygen atoms in total. The topological polar surface area (TPSA) is 121 Å². The summed E-state index contributed by atoms with van der Waals surface area (Å²) in [6.07, 6.45) is 0.964. The Kier molecular flexibility index (Phi) is 6.77. The highest BCUT2D eigenvalue weighted by atomic mass is 19.1. The predicted octanol–water partition coefficient (Wildman–Crippen LogP) is 0.695. The molecule has 176 valence electrons. The maximum absolute atomic E-state index is 13.8. The molecule has 2 N–H and O–H groups in total. The largest absolute Gasteiger partial charge is 0.502 e. The molecule has 0 spiro atoms. The average Bonchev–Trinajstić information content (AvgIpc) is 2.75. The molecule has 0 fully saturated rings. The maximum Gasteiger partial charge on any atom is 0.278 e. The Hall–Kier alpha value is -3.80. The number of methoxy groups -OCH3 is 1. The van der Waals surface area contributed by atoms with Crippen LogP contribution in [0.2, 0.25) is 0 Å². The van der Waals surface area contributed by atoms with E-state index in [-0.39, 0.29) is 25.4 Å². The summed E-state index contributed by atoms with van der Waals surface area (Å²) in [7, 11) is 1.44. The molecule has 12 heteroatoms. The summed E-state index contributed by atoms with van der Waals surface area (Å²) in [6.45, 7) is 2.44. The van der Waals surface area contributed by atoms with Gasteiger partial charge in [-0.05, 0) is 13.0 Å². The zero-order valence-electron chi connectivity index (χ0n) is 18.1. The summed E-state index contributed by atoms with van der Waals surface area (Å²) in [5, 5.41) is 13.9. The van der Waals surface area contributed by atoms with Crippen molar-refractivity contribution in [1.82, 2.24) is 14.9 Å². The van der Waals surface area contributed by atoms with Gasteiger partial charge >= 0.3 is 0 Å². The van der Waals surface area contributed by atoms with E-state index < -0.39 is 57.8 Å². The number of carbonyl (C=O) groups is 3. The van der Waals surface area contributed by atoms with Gasteiger partial charge in [-0.1, -0.05) is 6.07 Å². The van der Waals surface area contributed by atoms with Crippen molar-refractivity contribution in [3.8, 4) is 5.75 Å². The number of pyridine rings is 1. The molecule has 1 aliphatic rings. The van der Waals surface area contributed by atoms with Gasteiger partial charge in [0.15, 0.2) is 11.4 Å². The second kappa shape index (κ2) is 9.36. The molecule has 1 atom stereocenters. The number of nitrogens with one attached hydrogen (secondary N) is 1. The summed E-state index contributed by atoms with van der Waals surface area (Å²) in [6, 6.07) is 2.31. The Labute approximate surface area is 186 Å². The Balaban J connectivity index is 1.98. The zero-order valence-corrected chi connectivity index (χ0v) is 18.1. The van der Waals surface area contributed by atoms with Crippen LogP contribution in [0.25, 0.3) is 0 Å². The fourth-order valence-corrected chi connectivity index (χ4v) is 3.41. The maximum atomic E-state index is 13.8. The van der Waals surface area contributed by atoms with E-state index in [4.69, 9.17) is 4.74 Å². The van der Waals surface area contributed by atoms with Crippen molar-refractivity contribution in [1.29, 1.82) is 0 Å². The first-order valence-corrected chi connectivity index (χ1v) is 9.85. The van der Waals surface area contributed by atoms with E-state index >= 15 is 0 Å². The first-order valence-electron chi connectivity index (χ1n) is 9.85. The van der Waals surface area contributed by atoms with Crippen LogP contribution in [-0.2, 0) is 16.1 Å². The molecular weight excluding hydrogens is 442 g/mol. The van der Waals surface area contributed by atoms with E-state index in [2.05, 4.69) is 5.32 Å². The number of benzene rings is 1. The van der Waals surface area contributed by atoms with Crippen LogP contribution in [0.4, 0.5) is 8.78 Å². The lowest BCUT2D eigenvalue weighted by Gasteiger charge is -2.40. The van der Waals surface area contributed by atoms with Crippen molar-refractivity contribution < 1.29 is 33.0 Å². The van der Waals surface area contributed by atoms with E-state index in [0.717, 1.165) is 28.0 Å². The number of aromatic nitrogens is 1. The van der Waals surface area contributed by atoms with Gasteiger partial charge in [0.2, 0.25) is 11.3 Å². The van der Waals surface area contributed by atoms with Gasteiger partial charge in [-0.25, -0.2) is 18.5 Å². The monoisotopic (exact) mass is 464 g/mol. The highest BCUT2D eigenvalue weighted by molar-refractivity contribution is 6.01. The minimum atomic E-state index is -1.14. The van der Waals surface area contributed by atoms with Crippen LogP contribution in [0.5, 0.6) is 5.75 Å². The summed E-state index contributed by atoms with van der Waals surface area (Å²) in [5.41, 5.74) is -2.23. The Morgan fingerprint density at radius 3 is 2.58 bits per heavy atom. The third-order valence-corrected chi connectivity index (χ3v) is 5.18. The highest BCUT2D eigenvalue weighted by Gasteiger charge is 2.37. The van der Waals surface area contributed by atoms with Crippen LogP contribution in [0, 0.1) is 11.6 Å². The number of ether oxygens (including phenoxy) is 1. The van der Waals surface area contributed by atoms with Crippen LogP contribution in [0.15, 0.2) is 29.2 Å². The smallest absolute Gasteiger partial charge is 0.278 e. The van der Waals surface area contributed by atoms with E-state index in [9.17, 15) is 33.1 Å². The van der Waals surface area contributed by atoms with Gasteiger partial charge in [-0.2, -0.15) is 0 Å². The molecule has 1 aromatic carbocycles. The number of carbonyl (C=O) groups excluding carboxylic acids is 3. The molecular formula is C21H22F2N4O6. The minimum Gasteiger partial charge on any atom is -0.502 e. The van der Waals surface area contributed by atoms with Gasteiger partial charge in [-0.15, -0.1) is 0 Å². The van der Waals surface area contributed by atoms with E-state index in [1.165, 1.54) is 18.9 Å². The van der Waals surface area contributed by atoms with Crippen molar-refractivity contribution in [3.05, 3.63) is 63.1 Å². The number of fused-ring (bicyclic) bond motifs is 1. The number of aromatic hydroxyl groups is 1. The number of amides is 3. The zero-order chi connectivity index (χ0) is 24.4. The van der Waals surface area contributed by atoms with Gasteiger partial charge in [0.25, 0.3) is 11.8 Å². The Morgan fingerprint density at radius 1 is 1.27 bits per heavy atom. The van der Waals surface area contributed by atoms with Crippen molar-refractivity contribution in [3.63, 3.8) is 0 Å². The highest BCUT2D eigenvalue weighted by Crippen LogP contribution is 2.23. The van der Waals surface area contributed by atoms with Gasteiger partial charge in [-0.3, -0.25) is 19.2 Å². The molecule has 33 heavy (non-hydrogen) atoms. The van der Waals surface area contributed by atoms with Crippen LogP contribution in [-0.4, -0.2) is 58.8 Å². The van der Waals surface area contributed by atoms with Gasteiger partial charge in [0, 0.05) is 38.4 Å². The first-order chi connectivity index (χ1) is 15.6. The number of halogens is 2. The number of hydrogen-bond donors (Lipinski definition) is 2. The molecule has 0 unspecified atom stereocenters. The summed E-state index contributed by atoms with van der Waals surface area (Å²) in [4.78, 5) is 51.8. The first kappa shape index (κ1) is 23.9. The summed E-state index contributed by atoms with van der Waals surface area (Å²) >= 11 is 0. The molecule has 0 bridgehead atoms. The molecule has 3 rings (SSSR count). The third-order valence-electron chi connectivity index (χ3n) is 5.18. The molecule has 2 heterocycles. The van der Waals surface area contributed by atoms with Crippen molar-refractivity contribution in [2.45, 2.75) is 26.4 Å². The lowest BCUT2D eigenvalue weighted by Crippen LogP contribution is -2.59. The molecule has 1 aliphatic heterocycles. The average molecular weight is 464 g/mol. The summed E-state index contributed by atoms with van der Waals surface area (Å²) < 4.78 is 32.9. The fraction of sp³-hybridized carbons (Fsp3) is 0.333. The van der Waals surface area contributed by atoms with E-state index in [0.29, 0.717) is 6.07 Å². The Morgan fingerprint density at radius 2 is 1.97 bits per heavy atom. The molecule has 3 amide bonds. The fourth-order valence-electron chi connectivity index (χ4n) is 3.41. The molecule has 2 aromatic rings. The van der Waals surface area contributed by atoms with Crippen molar-refractivity contribution in [2.24, 2.45) is 0 Å². The van der Waals surface area contributed by atoms with Crippen molar-refractivity contribution in [2.75, 3.05) is 25.4 Å². The standard InChI is InChI=1S/C21H22F2N4O6/c1-11(9-33-3)25-10-27(12(2)28)26-8-15(18(29)19(30)17(26)21(25)32)20(31)24-7-13-4-5-14(22)6-16(13)23/h4-6,8,11,30H,7,9-10H2,1-3H3,(H,24,31)/t11-/m0/s1.